The Kier molecular flexibility index (Phi) is 5.21. The zero-order valence-electron chi connectivity index (χ0n) is 12.0. The largest absolute Gasteiger partial charge is 0.381 e. The normalized spacial score (nSPS) is 12.2. The van der Waals surface area contributed by atoms with Gasteiger partial charge in [-0.05, 0) is 49.1 Å². The molecule has 3 heteroatoms. The lowest BCUT2D eigenvalue weighted by atomic mass is 10.0. The number of nitrogens with two attached hydrogens (primary N) is 1. The number of aryl methyl sites for hydroxylation is 2. The van der Waals surface area contributed by atoms with Gasteiger partial charge in [0, 0.05) is 22.7 Å². The maximum atomic E-state index is 5.90. The molecule has 0 heterocycles. The van der Waals surface area contributed by atoms with Crippen LogP contribution in [0.25, 0.3) is 0 Å². The van der Waals surface area contributed by atoms with Crippen molar-refractivity contribution in [2.75, 3.05) is 11.9 Å². The summed E-state index contributed by atoms with van der Waals surface area (Å²) in [6.07, 6.45) is 0.936. The van der Waals surface area contributed by atoms with E-state index in [4.69, 9.17) is 5.73 Å². The number of nitrogens with one attached hydrogen (secondary N) is 1. The Morgan fingerprint density at radius 2 is 1.70 bits per heavy atom. The summed E-state index contributed by atoms with van der Waals surface area (Å²) in [5, 5.41) is 3.54. The van der Waals surface area contributed by atoms with E-state index in [9.17, 15) is 0 Å². The monoisotopic (exact) mass is 332 g/mol. The molecular formula is C17H21BrN2. The van der Waals surface area contributed by atoms with E-state index in [0.29, 0.717) is 6.54 Å². The quantitative estimate of drug-likeness (QED) is 0.866. The van der Waals surface area contributed by atoms with Crippen LogP contribution in [-0.4, -0.2) is 12.6 Å². The first-order valence-electron chi connectivity index (χ1n) is 6.87. The van der Waals surface area contributed by atoms with E-state index in [2.05, 4.69) is 71.5 Å². The van der Waals surface area contributed by atoms with Crippen molar-refractivity contribution in [3.05, 3.63) is 63.6 Å². The van der Waals surface area contributed by atoms with Gasteiger partial charge in [0.05, 0.1) is 0 Å². The van der Waals surface area contributed by atoms with Crippen molar-refractivity contribution in [2.24, 2.45) is 5.73 Å². The number of hydrogen-bond acceptors (Lipinski definition) is 2. The van der Waals surface area contributed by atoms with E-state index in [-0.39, 0.29) is 6.04 Å². The summed E-state index contributed by atoms with van der Waals surface area (Å²) in [6.45, 7) is 4.83. The first-order chi connectivity index (χ1) is 9.60. The molecule has 3 N–H and O–H groups in total. The Balaban J connectivity index is 2.10. The van der Waals surface area contributed by atoms with Crippen LogP contribution in [-0.2, 0) is 6.42 Å². The highest BCUT2D eigenvalue weighted by molar-refractivity contribution is 9.10. The summed E-state index contributed by atoms with van der Waals surface area (Å²) in [6, 6.07) is 15.0. The van der Waals surface area contributed by atoms with Crippen molar-refractivity contribution >= 4 is 21.6 Å². The van der Waals surface area contributed by atoms with Gasteiger partial charge in [-0.1, -0.05) is 46.3 Å². The van der Waals surface area contributed by atoms with Crippen LogP contribution in [0.2, 0.25) is 0 Å². The summed E-state index contributed by atoms with van der Waals surface area (Å²) >= 11 is 3.60. The fourth-order valence-electron chi connectivity index (χ4n) is 2.36. The fourth-order valence-corrected chi connectivity index (χ4v) is 2.59. The molecule has 0 aliphatic rings. The van der Waals surface area contributed by atoms with Gasteiger partial charge in [-0.15, -0.1) is 0 Å². The van der Waals surface area contributed by atoms with Crippen molar-refractivity contribution in [1.82, 2.24) is 0 Å². The van der Waals surface area contributed by atoms with Crippen LogP contribution < -0.4 is 11.1 Å². The van der Waals surface area contributed by atoms with Gasteiger partial charge < -0.3 is 11.1 Å². The minimum Gasteiger partial charge on any atom is -0.381 e. The minimum absolute atomic E-state index is 0.248. The number of benzene rings is 2. The van der Waals surface area contributed by atoms with Crippen molar-refractivity contribution in [3.8, 4) is 0 Å². The van der Waals surface area contributed by atoms with Gasteiger partial charge in [0.15, 0.2) is 0 Å². The third kappa shape index (κ3) is 3.84. The number of rotatable bonds is 5. The van der Waals surface area contributed by atoms with E-state index in [1.807, 2.05) is 6.07 Å². The molecule has 1 unspecified atom stereocenters. The highest BCUT2D eigenvalue weighted by Gasteiger charge is 2.09. The molecule has 0 fully saturated rings. The van der Waals surface area contributed by atoms with Crippen LogP contribution in [0.15, 0.2) is 46.9 Å². The summed E-state index contributed by atoms with van der Waals surface area (Å²) in [7, 11) is 0. The van der Waals surface area contributed by atoms with Gasteiger partial charge in [-0.3, -0.25) is 0 Å². The molecule has 0 saturated carbocycles. The van der Waals surface area contributed by atoms with E-state index in [1.54, 1.807) is 0 Å². The molecular weight excluding hydrogens is 312 g/mol. The van der Waals surface area contributed by atoms with Gasteiger partial charge in [-0.2, -0.15) is 0 Å². The van der Waals surface area contributed by atoms with Gasteiger partial charge in [0.1, 0.15) is 0 Å². The number of hydrogen-bond donors (Lipinski definition) is 2. The third-order valence-electron chi connectivity index (χ3n) is 3.42. The van der Waals surface area contributed by atoms with E-state index in [0.717, 1.165) is 12.1 Å². The second kappa shape index (κ2) is 6.91. The highest BCUT2D eigenvalue weighted by Crippen LogP contribution is 2.25. The SMILES string of the molecule is Cc1cc(NC(CN)Cc2ccccc2)cc(C)c1Br. The molecule has 2 aromatic rings. The topological polar surface area (TPSA) is 38.0 Å². The molecule has 0 amide bonds. The molecule has 2 nitrogen and oxygen atoms in total. The first kappa shape index (κ1) is 15.1. The zero-order chi connectivity index (χ0) is 14.5. The molecule has 2 rings (SSSR count). The molecule has 20 heavy (non-hydrogen) atoms. The summed E-state index contributed by atoms with van der Waals surface area (Å²) in [5.74, 6) is 0. The van der Waals surface area contributed by atoms with E-state index in [1.165, 1.54) is 21.2 Å². The maximum Gasteiger partial charge on any atom is 0.0424 e. The molecule has 0 aliphatic carbocycles. The van der Waals surface area contributed by atoms with Crippen LogP contribution in [0.5, 0.6) is 0 Å². The lowest BCUT2D eigenvalue weighted by molar-refractivity contribution is 0.724. The third-order valence-corrected chi connectivity index (χ3v) is 4.67. The van der Waals surface area contributed by atoms with Crippen LogP contribution in [0, 0.1) is 13.8 Å². The smallest absolute Gasteiger partial charge is 0.0424 e. The molecule has 0 radical (unpaired) electrons. The first-order valence-corrected chi connectivity index (χ1v) is 7.66. The van der Waals surface area contributed by atoms with Gasteiger partial charge >= 0.3 is 0 Å². The molecule has 1 atom stereocenters. The summed E-state index contributed by atoms with van der Waals surface area (Å²) < 4.78 is 1.18. The van der Waals surface area contributed by atoms with Crippen LogP contribution in [0.1, 0.15) is 16.7 Å². The molecule has 0 aliphatic heterocycles. The Morgan fingerprint density at radius 1 is 1.10 bits per heavy atom. The Hall–Kier alpha value is -1.32. The Morgan fingerprint density at radius 3 is 2.25 bits per heavy atom. The van der Waals surface area contributed by atoms with Crippen molar-refractivity contribution in [2.45, 2.75) is 26.3 Å². The zero-order valence-corrected chi connectivity index (χ0v) is 13.6. The number of anilines is 1. The van der Waals surface area contributed by atoms with Gasteiger partial charge in [-0.25, -0.2) is 0 Å². The van der Waals surface area contributed by atoms with E-state index < -0.39 is 0 Å². The highest BCUT2D eigenvalue weighted by atomic mass is 79.9. The van der Waals surface area contributed by atoms with Crippen LogP contribution >= 0.6 is 15.9 Å². The molecule has 0 saturated heterocycles. The lowest BCUT2D eigenvalue weighted by Gasteiger charge is -2.19. The van der Waals surface area contributed by atoms with Crippen molar-refractivity contribution in [3.63, 3.8) is 0 Å². The van der Waals surface area contributed by atoms with Crippen molar-refractivity contribution in [1.29, 1.82) is 0 Å². The van der Waals surface area contributed by atoms with Crippen LogP contribution in [0.4, 0.5) is 5.69 Å². The van der Waals surface area contributed by atoms with Gasteiger partial charge in [0.25, 0.3) is 0 Å². The lowest BCUT2D eigenvalue weighted by Crippen LogP contribution is -2.31. The number of halogens is 1. The molecule has 0 bridgehead atoms. The Bertz CT molecular complexity index is 543. The van der Waals surface area contributed by atoms with Crippen LogP contribution in [0.3, 0.4) is 0 Å². The minimum atomic E-state index is 0.248. The standard InChI is InChI=1S/C17H21BrN2/c1-12-8-15(9-13(2)17(12)18)20-16(11-19)10-14-6-4-3-5-7-14/h3-9,16,20H,10-11,19H2,1-2H3. The summed E-state index contributed by atoms with van der Waals surface area (Å²) in [5.41, 5.74) is 10.8. The second-order valence-electron chi connectivity index (χ2n) is 5.19. The molecule has 2 aromatic carbocycles. The van der Waals surface area contributed by atoms with Crippen molar-refractivity contribution < 1.29 is 0 Å². The second-order valence-corrected chi connectivity index (χ2v) is 5.98. The molecule has 0 spiro atoms. The predicted octanol–water partition coefficient (Wildman–Crippen LogP) is 4.05. The fraction of sp³-hybridized carbons (Fsp3) is 0.294. The molecule has 0 aromatic heterocycles. The maximum absolute atomic E-state index is 5.90. The van der Waals surface area contributed by atoms with E-state index >= 15 is 0 Å². The average Bonchev–Trinajstić information content (AvgIpc) is 2.45. The predicted molar refractivity (Wildman–Crippen MR) is 90.2 cm³/mol. The van der Waals surface area contributed by atoms with Gasteiger partial charge in [0.2, 0.25) is 0 Å². The average molecular weight is 333 g/mol. The summed E-state index contributed by atoms with van der Waals surface area (Å²) in [4.78, 5) is 0. The molecule has 106 valence electrons. The Labute approximate surface area is 129 Å².